The van der Waals surface area contributed by atoms with E-state index in [0.717, 1.165) is 0 Å². The van der Waals surface area contributed by atoms with Gasteiger partial charge in [0, 0.05) is 19.0 Å². The van der Waals surface area contributed by atoms with Crippen molar-refractivity contribution < 1.29 is 23.5 Å². The highest BCUT2D eigenvalue weighted by atomic mass is 19.1. The monoisotopic (exact) mass is 331 g/mol. The zero-order valence-corrected chi connectivity index (χ0v) is 13.5. The summed E-state index contributed by atoms with van der Waals surface area (Å²) in [6.45, 7) is 1.41. The lowest BCUT2D eigenvalue weighted by Gasteiger charge is -2.07. The Balaban J connectivity index is 1.87. The van der Waals surface area contributed by atoms with Gasteiger partial charge >= 0.3 is 5.97 Å². The van der Waals surface area contributed by atoms with Gasteiger partial charge in [0.25, 0.3) is 0 Å². The number of halogens is 1. The van der Waals surface area contributed by atoms with E-state index in [4.69, 9.17) is 9.47 Å². The van der Waals surface area contributed by atoms with Crippen LogP contribution >= 0.6 is 0 Å². The maximum atomic E-state index is 13.6. The molecule has 126 valence electrons. The lowest BCUT2D eigenvalue weighted by Crippen LogP contribution is -2.09. The average Bonchev–Trinajstić information content (AvgIpc) is 2.54. The molecule has 2 aromatic rings. The maximum Gasteiger partial charge on any atom is 0.311 e. The van der Waals surface area contributed by atoms with E-state index in [9.17, 15) is 14.0 Å². The minimum absolute atomic E-state index is 0.124. The second-order valence-corrected chi connectivity index (χ2v) is 5.15. The molecule has 2 aromatic carbocycles. The van der Waals surface area contributed by atoms with Crippen molar-refractivity contribution in [3.05, 3.63) is 53.8 Å². The Morgan fingerprint density at radius 3 is 2.42 bits per heavy atom. The Hall–Kier alpha value is -2.89. The number of amides is 1. The smallest absolute Gasteiger partial charge is 0.311 e. The molecule has 0 fully saturated rings. The number of methoxy groups -OCH3 is 1. The first-order chi connectivity index (χ1) is 11.5. The van der Waals surface area contributed by atoms with Crippen LogP contribution in [0.25, 0.3) is 0 Å². The van der Waals surface area contributed by atoms with Gasteiger partial charge in [0.05, 0.1) is 7.11 Å². The van der Waals surface area contributed by atoms with E-state index in [1.165, 1.54) is 26.2 Å². The van der Waals surface area contributed by atoms with Crippen LogP contribution in [0.4, 0.5) is 10.1 Å². The van der Waals surface area contributed by atoms with Crippen LogP contribution < -0.4 is 14.8 Å². The van der Waals surface area contributed by atoms with E-state index in [1.54, 1.807) is 30.3 Å². The van der Waals surface area contributed by atoms with Gasteiger partial charge in [-0.2, -0.15) is 0 Å². The second-order valence-electron chi connectivity index (χ2n) is 5.15. The zero-order chi connectivity index (χ0) is 17.5. The van der Waals surface area contributed by atoms with Crippen molar-refractivity contribution in [2.75, 3.05) is 12.4 Å². The van der Waals surface area contributed by atoms with Gasteiger partial charge in [0.2, 0.25) is 5.91 Å². The van der Waals surface area contributed by atoms with E-state index in [-0.39, 0.29) is 18.1 Å². The van der Waals surface area contributed by atoms with Crippen LogP contribution in [0.1, 0.15) is 18.9 Å². The summed E-state index contributed by atoms with van der Waals surface area (Å²) in [4.78, 5) is 22.8. The molecule has 5 nitrogen and oxygen atoms in total. The predicted molar refractivity (Wildman–Crippen MR) is 87.7 cm³/mol. The van der Waals surface area contributed by atoms with E-state index >= 15 is 0 Å². The summed E-state index contributed by atoms with van der Waals surface area (Å²) in [5.41, 5.74) is 1.31. The van der Waals surface area contributed by atoms with Crippen LogP contribution in [0.2, 0.25) is 0 Å². The van der Waals surface area contributed by atoms with Crippen LogP contribution in [0.5, 0.6) is 11.5 Å². The fourth-order valence-corrected chi connectivity index (χ4v) is 2.10. The number of rotatable bonds is 6. The number of ether oxygens (including phenoxy) is 2. The molecule has 0 atom stereocenters. The van der Waals surface area contributed by atoms with Gasteiger partial charge < -0.3 is 14.8 Å². The molecule has 6 heteroatoms. The number of nitrogens with one attached hydrogen (secondary N) is 1. The summed E-state index contributed by atoms with van der Waals surface area (Å²) >= 11 is 0. The van der Waals surface area contributed by atoms with Gasteiger partial charge in [-0.3, -0.25) is 9.59 Å². The number of aryl methyl sites for hydroxylation is 1. The predicted octanol–water partition coefficient (Wildman–Crippen LogP) is 3.33. The Bertz CT molecular complexity index is 728. The third-order valence-corrected chi connectivity index (χ3v) is 3.24. The Morgan fingerprint density at radius 1 is 1.12 bits per heavy atom. The van der Waals surface area contributed by atoms with Crippen molar-refractivity contribution in [2.24, 2.45) is 0 Å². The average molecular weight is 331 g/mol. The van der Waals surface area contributed by atoms with Crippen LogP contribution in [0, 0.1) is 5.82 Å². The molecule has 0 saturated carbocycles. The van der Waals surface area contributed by atoms with Crippen molar-refractivity contribution in [3.8, 4) is 11.5 Å². The molecule has 1 N–H and O–H groups in total. The highest BCUT2D eigenvalue weighted by Crippen LogP contribution is 2.19. The summed E-state index contributed by atoms with van der Waals surface area (Å²) in [7, 11) is 1.40. The summed E-state index contributed by atoms with van der Waals surface area (Å²) in [6, 6.07) is 11.0. The van der Waals surface area contributed by atoms with E-state index < -0.39 is 11.8 Å². The molecular weight excluding hydrogens is 313 g/mol. The first-order valence-corrected chi connectivity index (χ1v) is 7.38. The number of benzene rings is 2. The summed E-state index contributed by atoms with van der Waals surface area (Å²) in [5.74, 6) is -0.502. The summed E-state index contributed by atoms with van der Waals surface area (Å²) < 4.78 is 23.6. The number of carbonyl (C=O) groups excluding carboxylic acids is 2. The Kier molecular flexibility index (Phi) is 5.89. The molecule has 0 aliphatic carbocycles. The van der Waals surface area contributed by atoms with Gasteiger partial charge in [-0.25, -0.2) is 4.39 Å². The molecule has 24 heavy (non-hydrogen) atoms. The van der Waals surface area contributed by atoms with E-state index in [0.29, 0.717) is 23.4 Å². The standard InChI is InChI=1S/C18H18FNO4/c1-12(21)20-14-5-7-15(8-6-14)24-18(22)10-4-13-3-9-17(23-2)16(19)11-13/h3,5-9,11H,4,10H2,1-2H3,(H,20,21). The molecular formula is C18H18FNO4. The number of hydrogen-bond donors (Lipinski definition) is 1. The second kappa shape index (κ2) is 8.10. The van der Waals surface area contributed by atoms with Gasteiger partial charge in [-0.15, -0.1) is 0 Å². The first kappa shape index (κ1) is 17.5. The van der Waals surface area contributed by atoms with Crippen LogP contribution in [-0.4, -0.2) is 19.0 Å². The molecule has 0 heterocycles. The number of anilines is 1. The van der Waals surface area contributed by atoms with Crippen LogP contribution in [0.3, 0.4) is 0 Å². The van der Waals surface area contributed by atoms with Gasteiger partial charge in [0.15, 0.2) is 11.6 Å². The fourth-order valence-electron chi connectivity index (χ4n) is 2.10. The molecule has 1 amide bonds. The topological polar surface area (TPSA) is 64.6 Å². The molecule has 0 bridgehead atoms. The van der Waals surface area contributed by atoms with Crippen LogP contribution in [-0.2, 0) is 16.0 Å². The SMILES string of the molecule is COc1ccc(CCC(=O)Oc2ccc(NC(C)=O)cc2)cc1F. The molecule has 0 spiro atoms. The number of carbonyl (C=O) groups is 2. The zero-order valence-electron chi connectivity index (χ0n) is 13.5. The summed E-state index contributed by atoms with van der Waals surface area (Å²) in [5, 5.41) is 2.62. The Morgan fingerprint density at radius 2 is 1.83 bits per heavy atom. The molecule has 0 radical (unpaired) electrons. The van der Waals surface area contributed by atoms with Gasteiger partial charge in [0.1, 0.15) is 5.75 Å². The first-order valence-electron chi connectivity index (χ1n) is 7.38. The van der Waals surface area contributed by atoms with Crippen molar-refractivity contribution in [3.63, 3.8) is 0 Å². The lowest BCUT2D eigenvalue weighted by atomic mass is 10.1. The Labute approximate surface area is 139 Å². The molecule has 0 aliphatic heterocycles. The van der Waals surface area contributed by atoms with Crippen molar-refractivity contribution in [2.45, 2.75) is 19.8 Å². The number of hydrogen-bond acceptors (Lipinski definition) is 4. The normalized spacial score (nSPS) is 10.1. The van der Waals surface area contributed by atoms with Crippen molar-refractivity contribution in [1.82, 2.24) is 0 Å². The van der Waals surface area contributed by atoms with Crippen molar-refractivity contribution in [1.29, 1.82) is 0 Å². The minimum Gasteiger partial charge on any atom is -0.494 e. The fraction of sp³-hybridized carbons (Fsp3) is 0.222. The molecule has 0 aliphatic rings. The largest absolute Gasteiger partial charge is 0.494 e. The molecule has 2 rings (SSSR count). The quantitative estimate of drug-likeness (QED) is 0.651. The van der Waals surface area contributed by atoms with Gasteiger partial charge in [-0.05, 0) is 48.4 Å². The van der Waals surface area contributed by atoms with Gasteiger partial charge in [-0.1, -0.05) is 6.07 Å². The third-order valence-electron chi connectivity index (χ3n) is 3.24. The molecule has 0 aromatic heterocycles. The van der Waals surface area contributed by atoms with Crippen molar-refractivity contribution >= 4 is 17.6 Å². The van der Waals surface area contributed by atoms with E-state index in [1.807, 2.05) is 0 Å². The highest BCUT2D eigenvalue weighted by molar-refractivity contribution is 5.88. The third kappa shape index (κ3) is 5.08. The highest BCUT2D eigenvalue weighted by Gasteiger charge is 2.08. The lowest BCUT2D eigenvalue weighted by molar-refractivity contribution is -0.134. The summed E-state index contributed by atoms with van der Waals surface area (Å²) in [6.07, 6.45) is 0.489. The van der Waals surface area contributed by atoms with E-state index in [2.05, 4.69) is 5.32 Å². The molecule has 0 unspecified atom stereocenters. The minimum atomic E-state index is -0.461. The van der Waals surface area contributed by atoms with Crippen LogP contribution in [0.15, 0.2) is 42.5 Å². The number of esters is 1. The molecule has 0 saturated heterocycles. The maximum absolute atomic E-state index is 13.6.